The Morgan fingerprint density at radius 2 is 1.78 bits per heavy atom. The Bertz CT molecular complexity index is 1200. The molecule has 2 atom stereocenters. The molecule has 1 aliphatic heterocycles. The van der Waals surface area contributed by atoms with Crippen molar-refractivity contribution >= 4 is 12.0 Å². The first kappa shape index (κ1) is 25.4. The summed E-state index contributed by atoms with van der Waals surface area (Å²) in [6.07, 6.45) is 2.19. The molecule has 7 heteroatoms. The molecule has 1 saturated heterocycles. The molecule has 7 nitrogen and oxygen atoms in total. The van der Waals surface area contributed by atoms with E-state index in [1.807, 2.05) is 67.6 Å². The van der Waals surface area contributed by atoms with Crippen LogP contribution in [0.1, 0.15) is 61.3 Å². The lowest BCUT2D eigenvalue weighted by Crippen LogP contribution is -2.51. The maximum atomic E-state index is 13.3. The van der Waals surface area contributed by atoms with Crippen molar-refractivity contribution in [2.45, 2.75) is 50.9 Å². The van der Waals surface area contributed by atoms with Gasteiger partial charge in [0.15, 0.2) is 0 Å². The number of benzene rings is 2. The van der Waals surface area contributed by atoms with Gasteiger partial charge in [0.2, 0.25) is 0 Å². The summed E-state index contributed by atoms with van der Waals surface area (Å²) in [4.78, 5) is 31.0. The monoisotopic (exact) mass is 487 g/mol. The maximum absolute atomic E-state index is 13.3. The van der Waals surface area contributed by atoms with Crippen molar-refractivity contribution < 1.29 is 19.4 Å². The number of cyclic esters (lactones) is 1. The standard InChI is InChI=1S/C29H33N3O4/c1-20(21-10-12-22(13-11-21)23-14-15-25(31-18-23)26(33)30-4)32-17-16-29(36-27(32)34,19-28(2,3)35)24-8-6-5-7-9-24/h5-15,18,20,35H,16-17,19H2,1-4H3,(H,30,33)/t20-,29-/m0/s1. The Hall–Kier alpha value is -3.71. The molecule has 0 unspecified atom stereocenters. The van der Waals surface area contributed by atoms with Crippen LogP contribution in [0, 0.1) is 0 Å². The smallest absolute Gasteiger partial charge is 0.411 e. The summed E-state index contributed by atoms with van der Waals surface area (Å²) in [5, 5.41) is 13.1. The quantitative estimate of drug-likeness (QED) is 0.486. The molecule has 1 aliphatic rings. The Balaban J connectivity index is 1.50. The Kier molecular flexibility index (Phi) is 7.13. The maximum Gasteiger partial charge on any atom is 0.411 e. The number of ether oxygens (including phenoxy) is 1. The van der Waals surface area contributed by atoms with Crippen LogP contribution in [0.5, 0.6) is 0 Å². The fraction of sp³-hybridized carbons (Fsp3) is 0.345. The first-order valence-electron chi connectivity index (χ1n) is 12.2. The summed E-state index contributed by atoms with van der Waals surface area (Å²) < 4.78 is 6.11. The third-order valence-corrected chi connectivity index (χ3v) is 6.71. The minimum absolute atomic E-state index is 0.184. The molecule has 36 heavy (non-hydrogen) atoms. The van der Waals surface area contributed by atoms with Gasteiger partial charge in [0.05, 0.1) is 11.6 Å². The second kappa shape index (κ2) is 10.1. The molecule has 2 heterocycles. The fourth-order valence-electron chi connectivity index (χ4n) is 4.85. The van der Waals surface area contributed by atoms with Crippen LogP contribution in [0.25, 0.3) is 11.1 Å². The molecule has 2 amide bonds. The minimum atomic E-state index is -0.993. The van der Waals surface area contributed by atoms with Crippen molar-refractivity contribution in [3.8, 4) is 11.1 Å². The molecule has 3 aromatic rings. The third-order valence-electron chi connectivity index (χ3n) is 6.71. The van der Waals surface area contributed by atoms with Crippen molar-refractivity contribution in [3.63, 3.8) is 0 Å². The van der Waals surface area contributed by atoms with Crippen LogP contribution in [0.2, 0.25) is 0 Å². The predicted molar refractivity (Wildman–Crippen MR) is 138 cm³/mol. The molecule has 0 spiro atoms. The second-order valence-electron chi connectivity index (χ2n) is 9.97. The third kappa shape index (κ3) is 5.41. The van der Waals surface area contributed by atoms with Gasteiger partial charge in [-0.05, 0) is 43.5 Å². The van der Waals surface area contributed by atoms with E-state index in [0.717, 1.165) is 22.3 Å². The van der Waals surface area contributed by atoms with Gasteiger partial charge in [0, 0.05) is 38.2 Å². The van der Waals surface area contributed by atoms with E-state index in [9.17, 15) is 14.7 Å². The number of hydrogen-bond acceptors (Lipinski definition) is 5. The number of hydrogen-bond donors (Lipinski definition) is 2. The molecule has 0 bridgehead atoms. The Morgan fingerprint density at radius 3 is 2.33 bits per heavy atom. The number of pyridine rings is 1. The molecule has 1 fully saturated rings. The van der Waals surface area contributed by atoms with Crippen LogP contribution < -0.4 is 5.32 Å². The molecule has 1 aromatic heterocycles. The molecule has 2 aromatic carbocycles. The van der Waals surface area contributed by atoms with E-state index in [1.54, 1.807) is 38.1 Å². The highest BCUT2D eigenvalue weighted by atomic mass is 16.6. The lowest BCUT2D eigenvalue weighted by molar-refractivity contribution is -0.101. The number of rotatable bonds is 7. The summed E-state index contributed by atoms with van der Waals surface area (Å²) >= 11 is 0. The highest BCUT2D eigenvalue weighted by molar-refractivity contribution is 5.92. The number of amides is 2. The summed E-state index contributed by atoms with van der Waals surface area (Å²) in [7, 11) is 1.57. The topological polar surface area (TPSA) is 91.8 Å². The molecule has 0 radical (unpaired) electrons. The summed E-state index contributed by atoms with van der Waals surface area (Å²) in [6, 6.07) is 21.0. The van der Waals surface area contributed by atoms with Gasteiger partial charge < -0.3 is 20.1 Å². The highest BCUT2D eigenvalue weighted by Crippen LogP contribution is 2.42. The number of aromatic nitrogens is 1. The zero-order valence-corrected chi connectivity index (χ0v) is 21.2. The summed E-state index contributed by atoms with van der Waals surface area (Å²) in [5.41, 5.74) is 2.26. The largest absolute Gasteiger partial charge is 0.438 e. The highest BCUT2D eigenvalue weighted by Gasteiger charge is 2.46. The van der Waals surface area contributed by atoms with Gasteiger partial charge in [-0.1, -0.05) is 60.7 Å². The molecule has 188 valence electrons. The summed E-state index contributed by atoms with van der Waals surface area (Å²) in [6.45, 7) is 5.98. The first-order valence-corrected chi connectivity index (χ1v) is 12.2. The Morgan fingerprint density at radius 1 is 1.11 bits per heavy atom. The van der Waals surface area contributed by atoms with Gasteiger partial charge in [0.25, 0.3) is 5.91 Å². The average Bonchev–Trinajstić information content (AvgIpc) is 2.88. The van der Waals surface area contributed by atoms with Crippen LogP contribution in [-0.2, 0) is 10.3 Å². The van der Waals surface area contributed by atoms with Crippen molar-refractivity contribution in [1.82, 2.24) is 15.2 Å². The molecule has 2 N–H and O–H groups in total. The van der Waals surface area contributed by atoms with Crippen LogP contribution in [-0.4, -0.2) is 46.2 Å². The van der Waals surface area contributed by atoms with E-state index in [4.69, 9.17) is 4.74 Å². The molecule has 0 aliphatic carbocycles. The minimum Gasteiger partial charge on any atom is -0.438 e. The van der Waals surface area contributed by atoms with Gasteiger partial charge in [0.1, 0.15) is 11.3 Å². The van der Waals surface area contributed by atoms with E-state index in [1.165, 1.54) is 0 Å². The van der Waals surface area contributed by atoms with Crippen molar-refractivity contribution in [2.24, 2.45) is 0 Å². The summed E-state index contributed by atoms with van der Waals surface area (Å²) in [5.74, 6) is -0.224. The van der Waals surface area contributed by atoms with E-state index in [0.29, 0.717) is 25.1 Å². The van der Waals surface area contributed by atoms with Crippen molar-refractivity contribution in [1.29, 1.82) is 0 Å². The molecular formula is C29H33N3O4. The van der Waals surface area contributed by atoms with Crippen molar-refractivity contribution in [3.05, 3.63) is 89.7 Å². The predicted octanol–water partition coefficient (Wildman–Crippen LogP) is 5.07. The van der Waals surface area contributed by atoms with E-state index in [2.05, 4.69) is 10.3 Å². The van der Waals surface area contributed by atoms with Gasteiger partial charge in [-0.25, -0.2) is 4.79 Å². The number of carbonyl (C=O) groups is 2. The number of nitrogens with one attached hydrogen (secondary N) is 1. The SMILES string of the molecule is CNC(=O)c1ccc(-c2ccc([C@H](C)N3CC[C@](CC(C)(C)O)(c4ccccc4)OC3=O)cc2)cn1. The molecule has 4 rings (SSSR count). The zero-order chi connectivity index (χ0) is 25.9. The van der Waals surface area contributed by atoms with Crippen LogP contribution >= 0.6 is 0 Å². The first-order chi connectivity index (χ1) is 17.1. The number of aliphatic hydroxyl groups is 1. The fourth-order valence-corrected chi connectivity index (χ4v) is 4.85. The van der Waals surface area contributed by atoms with Crippen LogP contribution in [0.15, 0.2) is 72.9 Å². The lowest BCUT2D eigenvalue weighted by Gasteiger charge is -2.45. The molecule has 0 saturated carbocycles. The van der Waals surface area contributed by atoms with E-state index in [-0.39, 0.29) is 18.0 Å². The van der Waals surface area contributed by atoms with E-state index >= 15 is 0 Å². The van der Waals surface area contributed by atoms with Gasteiger partial charge in [-0.3, -0.25) is 9.78 Å². The second-order valence-corrected chi connectivity index (χ2v) is 9.97. The lowest BCUT2D eigenvalue weighted by atomic mass is 9.80. The van der Waals surface area contributed by atoms with Crippen LogP contribution in [0.4, 0.5) is 4.79 Å². The van der Waals surface area contributed by atoms with E-state index < -0.39 is 11.2 Å². The average molecular weight is 488 g/mol. The van der Waals surface area contributed by atoms with Gasteiger partial charge in [-0.15, -0.1) is 0 Å². The van der Waals surface area contributed by atoms with Crippen molar-refractivity contribution in [2.75, 3.05) is 13.6 Å². The number of nitrogens with zero attached hydrogens (tertiary/aromatic N) is 2. The van der Waals surface area contributed by atoms with Crippen LogP contribution in [0.3, 0.4) is 0 Å². The normalized spacial score (nSPS) is 18.9. The van der Waals surface area contributed by atoms with Gasteiger partial charge in [-0.2, -0.15) is 0 Å². The van der Waals surface area contributed by atoms with Gasteiger partial charge >= 0.3 is 6.09 Å². The Labute approximate surface area is 212 Å². The zero-order valence-electron chi connectivity index (χ0n) is 21.2. The number of carbonyl (C=O) groups excluding carboxylic acids is 2. The molecular weight excluding hydrogens is 454 g/mol.